The second kappa shape index (κ2) is 7.45. The van der Waals surface area contributed by atoms with E-state index in [9.17, 15) is 13.2 Å². The van der Waals surface area contributed by atoms with Crippen LogP contribution in [-0.4, -0.2) is 27.2 Å². The van der Waals surface area contributed by atoms with E-state index < -0.39 is 9.84 Å². The summed E-state index contributed by atoms with van der Waals surface area (Å²) in [5.74, 6) is 0.364. The van der Waals surface area contributed by atoms with Crippen LogP contribution in [0.4, 0.5) is 0 Å². The first kappa shape index (κ1) is 17.5. The lowest BCUT2D eigenvalue weighted by Crippen LogP contribution is -2.21. The SMILES string of the molecule is CCCOc1cc(CC)c(CNC(C)=O)c(S(C)(=O)=O)c1. The van der Waals surface area contributed by atoms with E-state index in [2.05, 4.69) is 5.32 Å². The van der Waals surface area contributed by atoms with Crippen molar-refractivity contribution >= 4 is 15.7 Å². The van der Waals surface area contributed by atoms with Crippen LogP contribution >= 0.6 is 0 Å². The molecule has 1 aromatic rings. The molecule has 0 unspecified atom stereocenters. The predicted octanol–water partition coefficient (Wildman–Crippen LogP) is 2.08. The third-order valence-corrected chi connectivity index (χ3v) is 4.21. The minimum atomic E-state index is -3.39. The van der Waals surface area contributed by atoms with E-state index in [0.717, 1.165) is 12.0 Å². The van der Waals surface area contributed by atoms with Gasteiger partial charge < -0.3 is 10.1 Å². The van der Waals surface area contributed by atoms with Crippen molar-refractivity contribution in [3.8, 4) is 5.75 Å². The lowest BCUT2D eigenvalue weighted by atomic mass is 10.0. The molecule has 5 nitrogen and oxygen atoms in total. The Morgan fingerprint density at radius 3 is 2.43 bits per heavy atom. The first-order valence-electron chi connectivity index (χ1n) is 7.02. The predicted molar refractivity (Wildman–Crippen MR) is 82.2 cm³/mol. The van der Waals surface area contributed by atoms with E-state index in [-0.39, 0.29) is 17.3 Å². The van der Waals surface area contributed by atoms with Crippen LogP contribution < -0.4 is 10.1 Å². The number of nitrogens with one attached hydrogen (secondary N) is 1. The number of amides is 1. The van der Waals surface area contributed by atoms with Gasteiger partial charge in [0.1, 0.15) is 5.75 Å². The fourth-order valence-electron chi connectivity index (χ4n) is 2.04. The van der Waals surface area contributed by atoms with E-state index >= 15 is 0 Å². The van der Waals surface area contributed by atoms with Crippen LogP contribution in [0.2, 0.25) is 0 Å². The van der Waals surface area contributed by atoms with Crippen molar-refractivity contribution in [3.63, 3.8) is 0 Å². The molecule has 0 aliphatic rings. The maximum absolute atomic E-state index is 12.0. The minimum absolute atomic E-state index is 0.192. The Morgan fingerprint density at radius 2 is 1.95 bits per heavy atom. The lowest BCUT2D eigenvalue weighted by Gasteiger charge is -2.16. The second-order valence-electron chi connectivity index (χ2n) is 4.94. The number of aryl methyl sites for hydroxylation is 1. The van der Waals surface area contributed by atoms with Crippen LogP contribution in [0.15, 0.2) is 17.0 Å². The maximum Gasteiger partial charge on any atom is 0.217 e. The molecule has 0 aromatic heterocycles. The average Bonchev–Trinajstić information content (AvgIpc) is 2.41. The van der Waals surface area contributed by atoms with Crippen LogP contribution in [0.1, 0.15) is 38.3 Å². The van der Waals surface area contributed by atoms with Crippen LogP contribution in [0.3, 0.4) is 0 Å². The van der Waals surface area contributed by atoms with Crippen molar-refractivity contribution in [2.75, 3.05) is 12.9 Å². The molecule has 1 aromatic carbocycles. The molecule has 0 heterocycles. The van der Waals surface area contributed by atoms with Crippen molar-refractivity contribution in [1.29, 1.82) is 0 Å². The highest BCUT2D eigenvalue weighted by Gasteiger charge is 2.18. The minimum Gasteiger partial charge on any atom is -0.494 e. The second-order valence-corrected chi connectivity index (χ2v) is 6.93. The van der Waals surface area contributed by atoms with Crippen molar-refractivity contribution in [1.82, 2.24) is 5.32 Å². The topological polar surface area (TPSA) is 72.5 Å². The summed E-state index contributed by atoms with van der Waals surface area (Å²) < 4.78 is 29.6. The Bertz CT molecular complexity index is 608. The summed E-state index contributed by atoms with van der Waals surface area (Å²) in [6.45, 7) is 6.09. The number of sulfone groups is 1. The van der Waals surface area contributed by atoms with E-state index in [1.807, 2.05) is 19.9 Å². The number of hydrogen-bond acceptors (Lipinski definition) is 4. The van der Waals surface area contributed by atoms with Gasteiger partial charge in [-0.1, -0.05) is 13.8 Å². The Kier molecular flexibility index (Phi) is 6.20. The first-order valence-corrected chi connectivity index (χ1v) is 8.91. The molecule has 0 bridgehead atoms. The molecule has 1 N–H and O–H groups in total. The highest BCUT2D eigenvalue weighted by atomic mass is 32.2. The smallest absolute Gasteiger partial charge is 0.217 e. The zero-order valence-electron chi connectivity index (χ0n) is 13.0. The molecule has 0 radical (unpaired) electrons. The Balaban J connectivity index is 3.34. The largest absolute Gasteiger partial charge is 0.494 e. The molecule has 21 heavy (non-hydrogen) atoms. The van der Waals surface area contributed by atoms with Crippen LogP contribution in [-0.2, 0) is 27.6 Å². The van der Waals surface area contributed by atoms with Gasteiger partial charge in [0.25, 0.3) is 0 Å². The van der Waals surface area contributed by atoms with Crippen LogP contribution in [0, 0.1) is 0 Å². The molecule has 0 spiro atoms. The summed E-state index contributed by atoms with van der Waals surface area (Å²) in [6.07, 6.45) is 2.69. The fourth-order valence-corrected chi connectivity index (χ4v) is 3.02. The van der Waals surface area contributed by atoms with Gasteiger partial charge in [0.05, 0.1) is 11.5 Å². The normalized spacial score (nSPS) is 11.2. The zero-order valence-corrected chi connectivity index (χ0v) is 13.8. The van der Waals surface area contributed by atoms with E-state index in [0.29, 0.717) is 24.3 Å². The summed E-state index contributed by atoms with van der Waals surface area (Å²) in [4.78, 5) is 11.3. The molecule has 0 aliphatic heterocycles. The van der Waals surface area contributed by atoms with Gasteiger partial charge in [0.15, 0.2) is 9.84 Å². The molecule has 0 fully saturated rings. The molecule has 0 aliphatic carbocycles. The molecule has 6 heteroatoms. The van der Waals surface area contributed by atoms with Gasteiger partial charge >= 0.3 is 0 Å². The van der Waals surface area contributed by atoms with Crippen molar-refractivity contribution in [2.24, 2.45) is 0 Å². The molecule has 1 rings (SSSR count). The summed E-state index contributed by atoms with van der Waals surface area (Å²) in [5, 5.41) is 2.67. The maximum atomic E-state index is 12.0. The van der Waals surface area contributed by atoms with Gasteiger partial charge in [-0.15, -0.1) is 0 Å². The van der Waals surface area contributed by atoms with Gasteiger partial charge in [-0.25, -0.2) is 8.42 Å². The standard InChI is InChI=1S/C15H23NO4S/c1-5-7-20-13-8-12(6-2)14(10-16-11(3)17)15(9-13)21(4,18)19/h8-9H,5-7,10H2,1-4H3,(H,16,17). The van der Waals surface area contributed by atoms with Crippen LogP contribution in [0.5, 0.6) is 5.75 Å². The van der Waals surface area contributed by atoms with Crippen molar-refractivity contribution in [2.45, 2.75) is 45.1 Å². The quantitative estimate of drug-likeness (QED) is 0.836. The van der Waals surface area contributed by atoms with E-state index in [1.54, 1.807) is 6.07 Å². The van der Waals surface area contributed by atoms with Crippen molar-refractivity contribution < 1.29 is 17.9 Å². The molecule has 118 valence electrons. The average molecular weight is 313 g/mol. The molecular formula is C15H23NO4S. The van der Waals surface area contributed by atoms with E-state index in [4.69, 9.17) is 4.74 Å². The van der Waals surface area contributed by atoms with Gasteiger partial charge in [-0.3, -0.25) is 4.79 Å². The van der Waals surface area contributed by atoms with E-state index in [1.165, 1.54) is 13.2 Å². The summed E-state index contributed by atoms with van der Waals surface area (Å²) in [6, 6.07) is 3.39. The third kappa shape index (κ3) is 5.04. The number of carbonyl (C=O) groups excluding carboxylic acids is 1. The van der Waals surface area contributed by atoms with Gasteiger partial charge in [0, 0.05) is 19.7 Å². The summed E-state index contributed by atoms with van der Waals surface area (Å²) in [5.41, 5.74) is 1.51. The fraction of sp³-hybridized carbons (Fsp3) is 0.533. The lowest BCUT2D eigenvalue weighted by molar-refractivity contribution is -0.119. The first-order chi connectivity index (χ1) is 9.79. The molecular weight excluding hydrogens is 290 g/mol. The number of hydrogen-bond donors (Lipinski definition) is 1. The highest BCUT2D eigenvalue weighted by molar-refractivity contribution is 7.90. The van der Waals surface area contributed by atoms with Crippen molar-refractivity contribution in [3.05, 3.63) is 23.3 Å². The molecule has 0 saturated heterocycles. The summed E-state index contributed by atoms with van der Waals surface area (Å²) >= 11 is 0. The molecule has 0 atom stereocenters. The molecule has 0 saturated carbocycles. The third-order valence-electron chi connectivity index (χ3n) is 3.04. The van der Waals surface area contributed by atoms with Gasteiger partial charge in [0.2, 0.25) is 5.91 Å². The summed E-state index contributed by atoms with van der Waals surface area (Å²) in [7, 11) is -3.39. The van der Waals surface area contributed by atoms with Gasteiger partial charge in [-0.2, -0.15) is 0 Å². The van der Waals surface area contributed by atoms with Gasteiger partial charge in [-0.05, 0) is 36.1 Å². The Morgan fingerprint density at radius 1 is 1.29 bits per heavy atom. The van der Waals surface area contributed by atoms with Crippen LogP contribution in [0.25, 0.3) is 0 Å². The highest BCUT2D eigenvalue weighted by Crippen LogP contribution is 2.27. The monoisotopic (exact) mass is 313 g/mol. The Hall–Kier alpha value is -1.56. The number of carbonyl (C=O) groups is 1. The number of ether oxygens (including phenoxy) is 1. The Labute approximate surface area is 126 Å². The zero-order chi connectivity index (χ0) is 16.0. The number of rotatable bonds is 7. The number of benzene rings is 1. The molecule has 1 amide bonds.